The molecular formula is C28H34N2O5. The first-order valence-corrected chi connectivity index (χ1v) is 12.5. The minimum atomic E-state index is -0.808. The number of alkyl carbamates (subject to hydrolysis) is 1. The smallest absolute Gasteiger partial charge is 0.407 e. The van der Waals surface area contributed by atoms with Gasteiger partial charge in [-0.3, -0.25) is 9.59 Å². The van der Waals surface area contributed by atoms with E-state index in [-0.39, 0.29) is 30.3 Å². The fourth-order valence-corrected chi connectivity index (χ4v) is 5.45. The number of carboxylic acid groups (broad SMARTS) is 1. The van der Waals surface area contributed by atoms with Gasteiger partial charge in [-0.05, 0) is 53.4 Å². The van der Waals surface area contributed by atoms with Crippen molar-refractivity contribution >= 4 is 18.0 Å². The van der Waals surface area contributed by atoms with Crippen molar-refractivity contribution in [2.75, 3.05) is 13.2 Å². The van der Waals surface area contributed by atoms with Gasteiger partial charge in [0.2, 0.25) is 5.91 Å². The van der Waals surface area contributed by atoms with Gasteiger partial charge < -0.3 is 20.5 Å². The normalized spacial score (nSPS) is 19.6. The summed E-state index contributed by atoms with van der Waals surface area (Å²) in [5.41, 5.74) is 4.56. The lowest BCUT2D eigenvalue weighted by atomic mass is 9.96. The van der Waals surface area contributed by atoms with Crippen molar-refractivity contribution in [1.82, 2.24) is 10.6 Å². The lowest BCUT2D eigenvalue weighted by molar-refractivity contribution is -0.143. The van der Waals surface area contributed by atoms with E-state index in [1.165, 1.54) is 0 Å². The van der Waals surface area contributed by atoms with Crippen molar-refractivity contribution in [2.24, 2.45) is 17.8 Å². The van der Waals surface area contributed by atoms with Crippen LogP contribution in [0.4, 0.5) is 4.79 Å². The molecule has 7 nitrogen and oxygen atoms in total. The summed E-state index contributed by atoms with van der Waals surface area (Å²) >= 11 is 0. The molecule has 35 heavy (non-hydrogen) atoms. The molecule has 2 aliphatic rings. The van der Waals surface area contributed by atoms with Crippen LogP contribution < -0.4 is 10.6 Å². The Balaban J connectivity index is 1.36. The van der Waals surface area contributed by atoms with Crippen molar-refractivity contribution in [3.8, 4) is 11.1 Å². The number of fused-ring (bicyclic) bond motifs is 3. The number of amides is 2. The molecule has 3 N–H and O–H groups in total. The average molecular weight is 479 g/mol. The molecular weight excluding hydrogens is 444 g/mol. The SMILES string of the molecule is CC(C)C[C@H](NC(=O)OCC1c2ccccc2-c2ccccc21)C(=O)NC[C@H]1CCC[C@H]1C(=O)O. The first kappa shape index (κ1) is 24.8. The minimum absolute atomic E-state index is 0.0548. The second kappa shape index (κ2) is 10.9. The van der Waals surface area contributed by atoms with E-state index >= 15 is 0 Å². The molecule has 2 aliphatic carbocycles. The van der Waals surface area contributed by atoms with Crippen molar-refractivity contribution in [2.45, 2.75) is 51.5 Å². The number of ether oxygens (including phenoxy) is 1. The zero-order chi connectivity index (χ0) is 24.9. The molecule has 0 unspecified atom stereocenters. The van der Waals surface area contributed by atoms with Crippen LogP contribution in [0.25, 0.3) is 11.1 Å². The van der Waals surface area contributed by atoms with Gasteiger partial charge >= 0.3 is 12.1 Å². The second-order valence-electron chi connectivity index (χ2n) is 10.0. The van der Waals surface area contributed by atoms with Crippen molar-refractivity contribution in [3.63, 3.8) is 0 Å². The Labute approximate surface area is 206 Å². The maximum Gasteiger partial charge on any atom is 0.407 e. The standard InChI is InChI=1S/C28H34N2O5/c1-17(2)14-25(26(31)29-15-18-8-7-13-19(18)27(32)33)30-28(34)35-16-24-22-11-5-3-9-20(22)21-10-4-6-12-23(21)24/h3-6,9-12,17-19,24-25H,7-8,13-16H2,1-2H3,(H,29,31)(H,30,34)(H,32,33)/t18-,19-,25+/m1/s1. The second-order valence-corrected chi connectivity index (χ2v) is 10.0. The number of nitrogens with one attached hydrogen (secondary N) is 2. The molecule has 2 aromatic rings. The third kappa shape index (κ3) is 5.66. The van der Waals surface area contributed by atoms with Crippen LogP contribution in [-0.4, -0.2) is 42.3 Å². The number of rotatable bonds is 9. The summed E-state index contributed by atoms with van der Waals surface area (Å²) in [4.78, 5) is 37.1. The van der Waals surface area contributed by atoms with Gasteiger partial charge in [0.1, 0.15) is 12.6 Å². The zero-order valence-electron chi connectivity index (χ0n) is 20.3. The fourth-order valence-electron chi connectivity index (χ4n) is 5.45. The van der Waals surface area contributed by atoms with Crippen molar-refractivity contribution in [1.29, 1.82) is 0 Å². The number of hydrogen-bond acceptors (Lipinski definition) is 4. The van der Waals surface area contributed by atoms with Crippen LogP contribution in [0, 0.1) is 17.8 Å². The monoisotopic (exact) mass is 478 g/mol. The fraction of sp³-hybridized carbons (Fsp3) is 0.464. The van der Waals surface area contributed by atoms with E-state index in [1.54, 1.807) is 0 Å². The maximum atomic E-state index is 12.9. The van der Waals surface area contributed by atoms with E-state index in [1.807, 2.05) is 38.1 Å². The van der Waals surface area contributed by atoms with Crippen LogP contribution in [0.2, 0.25) is 0 Å². The molecule has 0 radical (unpaired) electrons. The highest BCUT2D eigenvalue weighted by Crippen LogP contribution is 2.44. The molecule has 3 atom stereocenters. The molecule has 0 saturated heterocycles. The van der Waals surface area contributed by atoms with Crippen LogP contribution in [0.3, 0.4) is 0 Å². The van der Waals surface area contributed by atoms with Crippen LogP contribution in [0.5, 0.6) is 0 Å². The highest BCUT2D eigenvalue weighted by Gasteiger charge is 2.34. The summed E-state index contributed by atoms with van der Waals surface area (Å²) in [7, 11) is 0. The largest absolute Gasteiger partial charge is 0.481 e. The molecule has 2 amide bonds. The van der Waals surface area contributed by atoms with Crippen LogP contribution in [0.15, 0.2) is 48.5 Å². The van der Waals surface area contributed by atoms with Gasteiger partial charge in [-0.15, -0.1) is 0 Å². The first-order chi connectivity index (χ1) is 16.8. The molecule has 0 bridgehead atoms. The summed E-state index contributed by atoms with van der Waals surface area (Å²) in [5.74, 6) is -1.49. The Morgan fingerprint density at radius 2 is 1.63 bits per heavy atom. The van der Waals surface area contributed by atoms with E-state index < -0.39 is 24.0 Å². The highest BCUT2D eigenvalue weighted by atomic mass is 16.5. The molecule has 1 saturated carbocycles. The third-order valence-corrected chi connectivity index (χ3v) is 7.17. The van der Waals surface area contributed by atoms with Crippen molar-refractivity contribution < 1.29 is 24.2 Å². The quantitative estimate of drug-likeness (QED) is 0.490. The van der Waals surface area contributed by atoms with Crippen LogP contribution in [0.1, 0.15) is 56.6 Å². The topological polar surface area (TPSA) is 105 Å². The van der Waals surface area contributed by atoms with E-state index in [0.717, 1.165) is 35.1 Å². The molecule has 186 valence electrons. The Bertz CT molecular complexity index is 1040. The van der Waals surface area contributed by atoms with E-state index in [0.29, 0.717) is 19.4 Å². The van der Waals surface area contributed by atoms with E-state index in [9.17, 15) is 19.5 Å². The first-order valence-electron chi connectivity index (χ1n) is 12.5. The van der Waals surface area contributed by atoms with E-state index in [4.69, 9.17) is 4.74 Å². The summed E-state index contributed by atoms with van der Waals surface area (Å²) in [6.45, 7) is 4.45. The van der Waals surface area contributed by atoms with Gasteiger partial charge in [-0.25, -0.2) is 4.79 Å². The number of carbonyl (C=O) groups is 3. The van der Waals surface area contributed by atoms with Gasteiger partial charge in [0, 0.05) is 12.5 Å². The third-order valence-electron chi connectivity index (χ3n) is 7.17. The predicted octanol–water partition coefficient (Wildman–Crippen LogP) is 4.56. The number of hydrogen-bond donors (Lipinski definition) is 3. The molecule has 2 aromatic carbocycles. The average Bonchev–Trinajstić information content (AvgIpc) is 3.43. The molecule has 0 spiro atoms. The van der Waals surface area contributed by atoms with Gasteiger partial charge in [-0.1, -0.05) is 68.8 Å². The minimum Gasteiger partial charge on any atom is -0.481 e. The maximum absolute atomic E-state index is 12.9. The lowest BCUT2D eigenvalue weighted by Gasteiger charge is -2.23. The van der Waals surface area contributed by atoms with Crippen molar-refractivity contribution in [3.05, 3.63) is 59.7 Å². The molecule has 1 fully saturated rings. The van der Waals surface area contributed by atoms with Gasteiger partial charge in [0.25, 0.3) is 0 Å². The molecule has 7 heteroatoms. The summed E-state index contributed by atoms with van der Waals surface area (Å²) < 4.78 is 5.62. The summed E-state index contributed by atoms with van der Waals surface area (Å²) in [5, 5.41) is 15.0. The number of aliphatic carboxylic acids is 1. The summed E-state index contributed by atoms with van der Waals surface area (Å²) in [6.07, 6.45) is 2.11. The van der Waals surface area contributed by atoms with E-state index in [2.05, 4.69) is 34.9 Å². The van der Waals surface area contributed by atoms with Crippen LogP contribution >= 0.6 is 0 Å². The van der Waals surface area contributed by atoms with Gasteiger partial charge in [0.05, 0.1) is 5.92 Å². The molecule has 4 rings (SSSR count). The molecule has 0 heterocycles. The predicted molar refractivity (Wildman–Crippen MR) is 133 cm³/mol. The zero-order valence-corrected chi connectivity index (χ0v) is 20.3. The Morgan fingerprint density at radius 1 is 1.00 bits per heavy atom. The van der Waals surface area contributed by atoms with Gasteiger partial charge in [-0.2, -0.15) is 0 Å². The van der Waals surface area contributed by atoms with Crippen LogP contribution in [-0.2, 0) is 14.3 Å². The van der Waals surface area contributed by atoms with Gasteiger partial charge in [0.15, 0.2) is 0 Å². The Kier molecular flexibility index (Phi) is 7.73. The number of benzene rings is 2. The number of carboxylic acids is 1. The Hall–Kier alpha value is -3.35. The highest BCUT2D eigenvalue weighted by molar-refractivity contribution is 5.86. The molecule has 0 aromatic heterocycles. The number of carbonyl (C=O) groups excluding carboxylic acids is 2. The molecule has 0 aliphatic heterocycles. The Morgan fingerprint density at radius 3 is 2.23 bits per heavy atom. The summed E-state index contributed by atoms with van der Waals surface area (Å²) in [6, 6.07) is 15.5. The lowest BCUT2D eigenvalue weighted by Crippen LogP contribution is -2.49.